The first-order valence-electron chi connectivity index (χ1n) is 7.23. The van der Waals surface area contributed by atoms with Gasteiger partial charge in [0.15, 0.2) is 0 Å². The second-order valence-corrected chi connectivity index (χ2v) is 5.80. The molecule has 0 aliphatic heterocycles. The number of hydrogen-bond donors (Lipinski definition) is 1. The summed E-state index contributed by atoms with van der Waals surface area (Å²) in [6.45, 7) is 4.73. The van der Waals surface area contributed by atoms with E-state index < -0.39 is 0 Å². The van der Waals surface area contributed by atoms with Crippen LogP contribution in [0.15, 0.2) is 18.2 Å². The molecule has 0 amide bonds. The normalized spacial score (nSPS) is 25.7. The molecule has 1 aliphatic carbocycles. The first-order valence-corrected chi connectivity index (χ1v) is 7.23. The molecule has 2 atom stereocenters. The Hall–Kier alpha value is -1.53. The van der Waals surface area contributed by atoms with Gasteiger partial charge in [0, 0.05) is 6.07 Å². The maximum atomic E-state index is 13.9. The molecule has 0 spiro atoms. The van der Waals surface area contributed by atoms with Gasteiger partial charge in [0.2, 0.25) is 0 Å². The van der Waals surface area contributed by atoms with Crippen LogP contribution < -0.4 is 10.5 Å². The van der Waals surface area contributed by atoms with Crippen molar-refractivity contribution >= 4 is 0 Å². The van der Waals surface area contributed by atoms with Gasteiger partial charge in [-0.1, -0.05) is 25.7 Å². The Labute approximate surface area is 120 Å². The number of ether oxygens (including phenoxy) is 1. The van der Waals surface area contributed by atoms with Crippen molar-refractivity contribution in [2.75, 3.05) is 6.54 Å². The zero-order valence-corrected chi connectivity index (χ0v) is 12.2. The van der Waals surface area contributed by atoms with E-state index >= 15 is 0 Å². The van der Waals surface area contributed by atoms with Crippen molar-refractivity contribution in [1.29, 1.82) is 0 Å². The Morgan fingerprint density at radius 2 is 1.95 bits per heavy atom. The third-order valence-corrected chi connectivity index (χ3v) is 3.70. The standard InChI is InChI=1S/C17H22FNO/c1-12-8-13(2)10-16(9-12)20-15-6-5-14(4-3-7-19)17(18)11-15/h5-6,11-13,16H,7-10,19H2,1-2H3. The van der Waals surface area contributed by atoms with Crippen LogP contribution in [-0.4, -0.2) is 12.6 Å². The average molecular weight is 275 g/mol. The monoisotopic (exact) mass is 275 g/mol. The second-order valence-electron chi connectivity index (χ2n) is 5.80. The SMILES string of the molecule is CC1CC(C)CC(Oc2ccc(C#CCN)c(F)c2)C1. The largest absolute Gasteiger partial charge is 0.490 e. The zero-order valence-electron chi connectivity index (χ0n) is 12.2. The van der Waals surface area contributed by atoms with Crippen molar-refractivity contribution in [1.82, 2.24) is 0 Å². The number of nitrogens with two attached hydrogens (primary N) is 1. The van der Waals surface area contributed by atoms with E-state index in [2.05, 4.69) is 25.7 Å². The molecular formula is C17H22FNO. The number of hydrogen-bond acceptors (Lipinski definition) is 2. The summed E-state index contributed by atoms with van der Waals surface area (Å²) in [6.07, 6.45) is 3.53. The Balaban J connectivity index is 2.05. The van der Waals surface area contributed by atoms with Gasteiger partial charge in [0.1, 0.15) is 11.6 Å². The first-order chi connectivity index (χ1) is 9.58. The zero-order chi connectivity index (χ0) is 14.5. The number of rotatable bonds is 2. The van der Waals surface area contributed by atoms with Gasteiger partial charge in [0.05, 0.1) is 18.2 Å². The summed E-state index contributed by atoms with van der Waals surface area (Å²) in [4.78, 5) is 0. The van der Waals surface area contributed by atoms with E-state index in [4.69, 9.17) is 10.5 Å². The highest BCUT2D eigenvalue weighted by molar-refractivity contribution is 5.39. The molecule has 3 heteroatoms. The Bertz CT molecular complexity index is 507. The molecule has 1 aromatic rings. The maximum Gasteiger partial charge on any atom is 0.142 e. The summed E-state index contributed by atoms with van der Waals surface area (Å²) >= 11 is 0. The molecule has 2 unspecified atom stereocenters. The van der Waals surface area contributed by atoms with Crippen molar-refractivity contribution in [3.05, 3.63) is 29.6 Å². The predicted octanol–water partition coefficient (Wildman–Crippen LogP) is 3.34. The lowest BCUT2D eigenvalue weighted by molar-refractivity contribution is 0.101. The topological polar surface area (TPSA) is 35.2 Å². The third-order valence-electron chi connectivity index (χ3n) is 3.70. The predicted molar refractivity (Wildman–Crippen MR) is 78.9 cm³/mol. The summed E-state index contributed by atoms with van der Waals surface area (Å²) < 4.78 is 19.8. The molecule has 108 valence electrons. The molecule has 1 saturated carbocycles. The molecule has 0 bridgehead atoms. The Morgan fingerprint density at radius 3 is 2.55 bits per heavy atom. The van der Waals surface area contributed by atoms with Gasteiger partial charge in [-0.05, 0) is 43.2 Å². The summed E-state index contributed by atoms with van der Waals surface area (Å²) in [5.74, 6) is 6.95. The van der Waals surface area contributed by atoms with Gasteiger partial charge in [-0.3, -0.25) is 0 Å². The van der Waals surface area contributed by atoms with Gasteiger partial charge in [0.25, 0.3) is 0 Å². The van der Waals surface area contributed by atoms with Gasteiger partial charge in [-0.15, -0.1) is 0 Å². The van der Waals surface area contributed by atoms with Crippen molar-refractivity contribution in [3.63, 3.8) is 0 Å². The lowest BCUT2D eigenvalue weighted by Crippen LogP contribution is -2.28. The lowest BCUT2D eigenvalue weighted by atomic mass is 9.82. The molecule has 1 aromatic carbocycles. The highest BCUT2D eigenvalue weighted by Gasteiger charge is 2.25. The van der Waals surface area contributed by atoms with Crippen LogP contribution in [-0.2, 0) is 0 Å². The fourth-order valence-electron chi connectivity index (χ4n) is 2.98. The minimum Gasteiger partial charge on any atom is -0.490 e. The third kappa shape index (κ3) is 3.98. The summed E-state index contributed by atoms with van der Waals surface area (Å²) in [7, 11) is 0. The van der Waals surface area contributed by atoms with Crippen LogP contribution in [0.2, 0.25) is 0 Å². The highest BCUT2D eigenvalue weighted by atomic mass is 19.1. The van der Waals surface area contributed by atoms with Gasteiger partial charge in [-0.2, -0.15) is 0 Å². The van der Waals surface area contributed by atoms with Crippen LogP contribution in [0, 0.1) is 29.5 Å². The number of halogens is 1. The molecule has 0 heterocycles. The van der Waals surface area contributed by atoms with Crippen LogP contribution in [0.3, 0.4) is 0 Å². The molecule has 2 rings (SSSR count). The van der Waals surface area contributed by atoms with E-state index in [1.54, 1.807) is 12.1 Å². The molecule has 0 aromatic heterocycles. The summed E-state index contributed by atoms with van der Waals surface area (Å²) in [5, 5.41) is 0. The Morgan fingerprint density at radius 1 is 1.25 bits per heavy atom. The molecule has 20 heavy (non-hydrogen) atoms. The van der Waals surface area contributed by atoms with Crippen LogP contribution in [0.1, 0.15) is 38.7 Å². The highest BCUT2D eigenvalue weighted by Crippen LogP contribution is 2.31. The molecule has 0 saturated heterocycles. The van der Waals surface area contributed by atoms with Gasteiger partial charge >= 0.3 is 0 Å². The fraction of sp³-hybridized carbons (Fsp3) is 0.529. The van der Waals surface area contributed by atoms with Crippen molar-refractivity contribution in [3.8, 4) is 17.6 Å². The Kier molecular flexibility index (Phi) is 5.03. The van der Waals surface area contributed by atoms with Crippen molar-refractivity contribution in [2.45, 2.75) is 39.2 Å². The maximum absolute atomic E-state index is 13.9. The van der Waals surface area contributed by atoms with Crippen LogP contribution in [0.4, 0.5) is 4.39 Å². The second kappa shape index (κ2) is 6.76. The van der Waals surface area contributed by atoms with Gasteiger partial charge < -0.3 is 10.5 Å². The van der Waals surface area contributed by atoms with Gasteiger partial charge in [-0.25, -0.2) is 4.39 Å². The van der Waals surface area contributed by atoms with E-state index in [1.807, 2.05) is 0 Å². The van der Waals surface area contributed by atoms with Crippen molar-refractivity contribution < 1.29 is 9.13 Å². The molecule has 2 N–H and O–H groups in total. The molecule has 1 aliphatic rings. The summed E-state index contributed by atoms with van der Waals surface area (Å²) in [6, 6.07) is 4.86. The fourth-order valence-corrected chi connectivity index (χ4v) is 2.98. The van der Waals surface area contributed by atoms with E-state index in [0.717, 1.165) is 12.8 Å². The first kappa shape index (κ1) is 14.9. The smallest absolute Gasteiger partial charge is 0.142 e. The van der Waals surface area contributed by atoms with Crippen LogP contribution in [0.25, 0.3) is 0 Å². The van der Waals surface area contributed by atoms with E-state index in [-0.39, 0.29) is 18.5 Å². The molecular weight excluding hydrogens is 253 g/mol. The van der Waals surface area contributed by atoms with E-state index in [1.165, 1.54) is 12.5 Å². The molecule has 1 fully saturated rings. The van der Waals surface area contributed by atoms with Crippen LogP contribution in [0.5, 0.6) is 5.75 Å². The van der Waals surface area contributed by atoms with Crippen LogP contribution >= 0.6 is 0 Å². The average Bonchev–Trinajstić information content (AvgIpc) is 2.36. The van der Waals surface area contributed by atoms with E-state index in [0.29, 0.717) is 23.1 Å². The van der Waals surface area contributed by atoms with Crippen molar-refractivity contribution in [2.24, 2.45) is 17.6 Å². The van der Waals surface area contributed by atoms with E-state index in [9.17, 15) is 4.39 Å². The molecule has 2 nitrogen and oxygen atoms in total. The minimum absolute atomic E-state index is 0.189. The minimum atomic E-state index is -0.347. The lowest BCUT2D eigenvalue weighted by Gasteiger charge is -2.31. The number of benzene rings is 1. The molecule has 0 radical (unpaired) electrons. The quantitative estimate of drug-likeness (QED) is 0.840. The summed E-state index contributed by atoms with van der Waals surface area (Å²) in [5.41, 5.74) is 5.65.